The molecule has 0 saturated heterocycles. The van der Waals surface area contributed by atoms with Gasteiger partial charge in [-0.15, -0.1) is 0 Å². The van der Waals surface area contributed by atoms with Crippen molar-refractivity contribution in [2.45, 2.75) is 24.7 Å². The van der Waals surface area contributed by atoms with Gasteiger partial charge in [0, 0.05) is 19.2 Å². The van der Waals surface area contributed by atoms with E-state index in [9.17, 15) is 4.79 Å². The van der Waals surface area contributed by atoms with Gasteiger partial charge in [-0.2, -0.15) is 0 Å². The van der Waals surface area contributed by atoms with E-state index in [0.717, 1.165) is 0 Å². The van der Waals surface area contributed by atoms with Crippen LogP contribution in [0.4, 0.5) is 0 Å². The molecule has 0 aliphatic heterocycles. The zero-order chi connectivity index (χ0) is 11.0. The maximum Gasteiger partial charge on any atom is 0.320 e. The van der Waals surface area contributed by atoms with Crippen LogP contribution in [0.2, 0.25) is 0 Å². The number of nitrogens with one attached hydrogen (secondary N) is 1. The van der Waals surface area contributed by atoms with Crippen LogP contribution < -0.4 is 5.32 Å². The van der Waals surface area contributed by atoms with Gasteiger partial charge in [0.25, 0.3) is 0 Å². The van der Waals surface area contributed by atoms with E-state index in [-0.39, 0.29) is 16.8 Å². The lowest BCUT2D eigenvalue weighted by Gasteiger charge is -2.15. The highest BCUT2D eigenvalue weighted by Crippen LogP contribution is 2.00. The van der Waals surface area contributed by atoms with Crippen molar-refractivity contribution >= 4 is 21.9 Å². The summed E-state index contributed by atoms with van der Waals surface area (Å²) >= 11 is 3.22. The molecule has 0 spiro atoms. The highest BCUT2D eigenvalue weighted by molar-refractivity contribution is 9.10. The molecule has 4 nitrogen and oxygen atoms in total. The Hall–Kier alpha value is -0.130. The summed E-state index contributed by atoms with van der Waals surface area (Å²) in [6.07, 6.45) is 0. The van der Waals surface area contributed by atoms with Crippen molar-refractivity contribution in [2.24, 2.45) is 0 Å². The maximum absolute atomic E-state index is 11.0. The van der Waals surface area contributed by atoms with Crippen molar-refractivity contribution in [3.05, 3.63) is 0 Å². The third-order valence-electron chi connectivity index (χ3n) is 1.67. The molecule has 0 rings (SSSR count). The third-order valence-corrected chi connectivity index (χ3v) is 2.37. The standard InChI is InChI=1S/C9H18BrNO3/c1-4-14-6-7(2)11-5-8(10)9(12)13-3/h7-8,11H,4-6H2,1-3H3. The van der Waals surface area contributed by atoms with E-state index in [1.165, 1.54) is 7.11 Å². The monoisotopic (exact) mass is 267 g/mol. The molecule has 1 N–H and O–H groups in total. The fourth-order valence-corrected chi connectivity index (χ4v) is 1.24. The van der Waals surface area contributed by atoms with Gasteiger partial charge >= 0.3 is 5.97 Å². The van der Waals surface area contributed by atoms with Crippen LogP contribution >= 0.6 is 15.9 Å². The Labute approximate surface area is 93.5 Å². The molecule has 0 fully saturated rings. The molecular formula is C9H18BrNO3. The SMILES string of the molecule is CCOCC(C)NCC(Br)C(=O)OC. The Morgan fingerprint density at radius 3 is 2.71 bits per heavy atom. The van der Waals surface area contributed by atoms with Crippen molar-refractivity contribution in [1.82, 2.24) is 5.32 Å². The van der Waals surface area contributed by atoms with Gasteiger partial charge in [-0.3, -0.25) is 4.79 Å². The molecule has 84 valence electrons. The molecule has 0 bridgehead atoms. The molecule has 14 heavy (non-hydrogen) atoms. The molecule has 5 heteroatoms. The molecule has 0 saturated carbocycles. The summed E-state index contributed by atoms with van der Waals surface area (Å²) < 4.78 is 9.79. The molecular weight excluding hydrogens is 250 g/mol. The molecule has 0 aromatic heterocycles. The van der Waals surface area contributed by atoms with Gasteiger partial charge in [0.05, 0.1) is 13.7 Å². The van der Waals surface area contributed by atoms with E-state index >= 15 is 0 Å². The third kappa shape index (κ3) is 6.34. The quantitative estimate of drug-likeness (QED) is 0.551. The normalized spacial score (nSPS) is 14.9. The second-order valence-corrected chi connectivity index (χ2v) is 4.06. The summed E-state index contributed by atoms with van der Waals surface area (Å²) in [6, 6.07) is 0.236. The first-order valence-electron chi connectivity index (χ1n) is 4.64. The van der Waals surface area contributed by atoms with Gasteiger partial charge < -0.3 is 14.8 Å². The Morgan fingerprint density at radius 1 is 1.57 bits per heavy atom. The second kappa shape index (κ2) is 8.20. The van der Waals surface area contributed by atoms with Crippen LogP contribution in [0.5, 0.6) is 0 Å². The second-order valence-electron chi connectivity index (χ2n) is 2.96. The highest BCUT2D eigenvalue weighted by atomic mass is 79.9. The van der Waals surface area contributed by atoms with Crippen LogP contribution in [-0.4, -0.2) is 43.7 Å². The highest BCUT2D eigenvalue weighted by Gasteiger charge is 2.15. The van der Waals surface area contributed by atoms with Crippen molar-refractivity contribution in [3.63, 3.8) is 0 Å². The Morgan fingerprint density at radius 2 is 2.21 bits per heavy atom. The molecule has 0 aliphatic carbocycles. The van der Waals surface area contributed by atoms with E-state index in [2.05, 4.69) is 26.0 Å². The van der Waals surface area contributed by atoms with Crippen molar-refractivity contribution < 1.29 is 14.3 Å². The number of methoxy groups -OCH3 is 1. The van der Waals surface area contributed by atoms with Crippen LogP contribution in [-0.2, 0) is 14.3 Å². The summed E-state index contributed by atoms with van der Waals surface area (Å²) in [5.74, 6) is -0.263. The van der Waals surface area contributed by atoms with Crippen molar-refractivity contribution in [2.75, 3.05) is 26.9 Å². The number of halogens is 1. The summed E-state index contributed by atoms with van der Waals surface area (Å²) in [7, 11) is 1.38. The molecule has 0 aromatic rings. The first-order chi connectivity index (χ1) is 6.61. The van der Waals surface area contributed by atoms with Gasteiger partial charge in [0.1, 0.15) is 4.83 Å². The lowest BCUT2D eigenvalue weighted by atomic mass is 10.3. The predicted octanol–water partition coefficient (Wildman–Crippen LogP) is 0.937. The maximum atomic E-state index is 11.0. The molecule has 2 unspecified atom stereocenters. The van der Waals surface area contributed by atoms with Gasteiger partial charge in [-0.05, 0) is 13.8 Å². The molecule has 0 aromatic carbocycles. The number of hydrogen-bond acceptors (Lipinski definition) is 4. The van der Waals surface area contributed by atoms with Gasteiger partial charge in [-0.25, -0.2) is 0 Å². The zero-order valence-electron chi connectivity index (χ0n) is 8.88. The topological polar surface area (TPSA) is 47.6 Å². The fraction of sp³-hybridized carbons (Fsp3) is 0.889. The molecule has 0 amide bonds. The van der Waals surface area contributed by atoms with E-state index in [1.54, 1.807) is 0 Å². The van der Waals surface area contributed by atoms with Crippen LogP contribution in [0.1, 0.15) is 13.8 Å². The number of esters is 1. The largest absolute Gasteiger partial charge is 0.468 e. The van der Waals surface area contributed by atoms with E-state index in [4.69, 9.17) is 4.74 Å². The minimum Gasteiger partial charge on any atom is -0.468 e. The Kier molecular flexibility index (Phi) is 8.12. The van der Waals surface area contributed by atoms with Crippen LogP contribution in [0.25, 0.3) is 0 Å². The number of ether oxygens (including phenoxy) is 2. The average molecular weight is 268 g/mol. The van der Waals surface area contributed by atoms with Crippen molar-refractivity contribution in [1.29, 1.82) is 0 Å². The zero-order valence-corrected chi connectivity index (χ0v) is 10.5. The Bertz CT molecular complexity index is 166. The van der Waals surface area contributed by atoms with Crippen molar-refractivity contribution in [3.8, 4) is 0 Å². The van der Waals surface area contributed by atoms with Gasteiger partial charge in [-0.1, -0.05) is 15.9 Å². The van der Waals surface area contributed by atoms with Crippen LogP contribution in [0.15, 0.2) is 0 Å². The number of hydrogen-bond donors (Lipinski definition) is 1. The smallest absolute Gasteiger partial charge is 0.320 e. The molecule has 2 atom stereocenters. The van der Waals surface area contributed by atoms with Crippen LogP contribution in [0.3, 0.4) is 0 Å². The number of carbonyl (C=O) groups excluding carboxylic acids is 1. The first kappa shape index (κ1) is 13.9. The van der Waals surface area contributed by atoms with E-state index in [0.29, 0.717) is 19.8 Å². The summed E-state index contributed by atoms with van der Waals surface area (Å²) in [6.45, 7) is 5.86. The first-order valence-corrected chi connectivity index (χ1v) is 5.56. The Balaban J connectivity index is 3.55. The minimum atomic E-state index is -0.295. The minimum absolute atomic E-state index is 0.236. The van der Waals surface area contributed by atoms with Gasteiger partial charge in [0.15, 0.2) is 0 Å². The van der Waals surface area contributed by atoms with Gasteiger partial charge in [0.2, 0.25) is 0 Å². The lowest BCUT2D eigenvalue weighted by Crippen LogP contribution is -2.37. The summed E-state index contributed by atoms with van der Waals surface area (Å²) in [5.41, 5.74) is 0. The molecule has 0 radical (unpaired) electrons. The summed E-state index contributed by atoms with van der Waals surface area (Å²) in [5, 5.41) is 3.16. The lowest BCUT2D eigenvalue weighted by molar-refractivity contribution is -0.139. The predicted molar refractivity (Wildman–Crippen MR) is 58.7 cm³/mol. The molecule has 0 heterocycles. The number of alkyl halides is 1. The molecule has 0 aliphatic rings. The fourth-order valence-electron chi connectivity index (χ4n) is 0.869. The van der Waals surface area contributed by atoms with Crippen LogP contribution in [0, 0.1) is 0 Å². The summed E-state index contributed by atoms with van der Waals surface area (Å²) in [4.78, 5) is 10.7. The number of rotatable bonds is 7. The number of carbonyl (C=O) groups is 1. The van der Waals surface area contributed by atoms with E-state index in [1.807, 2.05) is 13.8 Å². The average Bonchev–Trinajstić information content (AvgIpc) is 2.21. The van der Waals surface area contributed by atoms with E-state index < -0.39 is 0 Å².